The number of benzene rings is 2. The average Bonchev–Trinajstić information content (AvgIpc) is 3.21. The molecule has 4 rings (SSSR count). The van der Waals surface area contributed by atoms with Gasteiger partial charge in [0, 0.05) is 31.4 Å². The van der Waals surface area contributed by atoms with Gasteiger partial charge in [0.2, 0.25) is 0 Å². The summed E-state index contributed by atoms with van der Waals surface area (Å²) in [5.74, 6) is 0.706. The summed E-state index contributed by atoms with van der Waals surface area (Å²) in [5, 5.41) is 4.13. The van der Waals surface area contributed by atoms with E-state index in [0.717, 1.165) is 28.4 Å². The fourth-order valence-electron chi connectivity index (χ4n) is 3.22. The minimum absolute atomic E-state index is 0.0280. The maximum atomic E-state index is 13.2. The lowest BCUT2D eigenvalue weighted by Crippen LogP contribution is -2.38. The molecule has 0 aliphatic carbocycles. The lowest BCUT2D eigenvalue weighted by molar-refractivity contribution is 0.0976. The van der Waals surface area contributed by atoms with Crippen molar-refractivity contribution in [1.29, 1.82) is 0 Å². The zero-order chi connectivity index (χ0) is 19.0. The molecule has 7 heteroatoms. The van der Waals surface area contributed by atoms with Crippen molar-refractivity contribution in [2.24, 2.45) is 0 Å². The number of aromatic nitrogens is 3. The molecule has 0 N–H and O–H groups in total. The molecule has 0 fully saturated rings. The van der Waals surface area contributed by atoms with E-state index in [4.69, 9.17) is 4.74 Å². The molecular formula is C20H21N5O2. The number of aryl methyl sites for hydroxylation is 1. The Morgan fingerprint density at radius 2 is 2.04 bits per heavy atom. The first kappa shape index (κ1) is 17.1. The molecule has 3 aromatic rings. The number of nitrogens with zero attached hydrogens (tertiary/aromatic N) is 5. The van der Waals surface area contributed by atoms with Gasteiger partial charge in [-0.05, 0) is 42.8 Å². The third kappa shape index (κ3) is 3.12. The van der Waals surface area contributed by atoms with Crippen LogP contribution < -0.4 is 14.5 Å². The molecule has 0 radical (unpaired) electrons. The molecule has 2 aromatic carbocycles. The van der Waals surface area contributed by atoms with Crippen LogP contribution in [0.1, 0.15) is 15.9 Å². The van der Waals surface area contributed by atoms with Crippen molar-refractivity contribution in [3.63, 3.8) is 0 Å². The van der Waals surface area contributed by atoms with Crippen molar-refractivity contribution in [3.05, 3.63) is 60.2 Å². The molecule has 0 saturated carbocycles. The van der Waals surface area contributed by atoms with Gasteiger partial charge in [0.15, 0.2) is 0 Å². The van der Waals surface area contributed by atoms with Gasteiger partial charge in [-0.15, -0.1) is 0 Å². The van der Waals surface area contributed by atoms with Crippen LogP contribution in [0.4, 0.5) is 11.4 Å². The Labute approximate surface area is 157 Å². The fraction of sp³-hybridized carbons (Fsp3) is 0.250. The van der Waals surface area contributed by atoms with E-state index in [-0.39, 0.29) is 5.91 Å². The van der Waals surface area contributed by atoms with E-state index in [0.29, 0.717) is 18.7 Å². The van der Waals surface area contributed by atoms with E-state index in [1.807, 2.05) is 62.3 Å². The number of carbonyl (C=O) groups excluding carboxylic acids is 1. The van der Waals surface area contributed by atoms with Gasteiger partial charge in [-0.25, -0.2) is 9.67 Å². The Kier molecular flexibility index (Phi) is 4.27. The number of hydrogen-bond acceptors (Lipinski definition) is 5. The molecule has 0 atom stereocenters. The Morgan fingerprint density at radius 1 is 1.19 bits per heavy atom. The summed E-state index contributed by atoms with van der Waals surface area (Å²) in [6.45, 7) is 2.94. The molecule has 1 aromatic heterocycles. The maximum absolute atomic E-state index is 13.2. The van der Waals surface area contributed by atoms with Crippen molar-refractivity contribution in [3.8, 4) is 11.4 Å². The standard InChI is InChI=1S/C20H21N5O2/c1-14-10-16(25-13-21-12-22-25)4-6-17(14)20(26)24-8-9-27-19-11-15(23(2)3)5-7-18(19)24/h4-7,10-13H,8-9H2,1-3H3. The van der Waals surface area contributed by atoms with Gasteiger partial charge in [0.25, 0.3) is 5.91 Å². The molecule has 1 aliphatic heterocycles. The molecular weight excluding hydrogens is 342 g/mol. The van der Waals surface area contributed by atoms with Crippen LogP contribution in [0.25, 0.3) is 5.69 Å². The highest BCUT2D eigenvalue weighted by Crippen LogP contribution is 2.36. The summed E-state index contributed by atoms with van der Waals surface area (Å²) in [6, 6.07) is 11.6. The first-order valence-corrected chi connectivity index (χ1v) is 8.76. The van der Waals surface area contributed by atoms with Crippen LogP contribution in [0.15, 0.2) is 49.1 Å². The highest BCUT2D eigenvalue weighted by Gasteiger charge is 2.26. The number of amides is 1. The number of ether oxygens (including phenoxy) is 1. The van der Waals surface area contributed by atoms with E-state index in [9.17, 15) is 4.79 Å². The Balaban J connectivity index is 1.66. The van der Waals surface area contributed by atoms with E-state index >= 15 is 0 Å². The first-order chi connectivity index (χ1) is 13.0. The van der Waals surface area contributed by atoms with Gasteiger partial charge in [-0.1, -0.05) is 0 Å². The Morgan fingerprint density at radius 3 is 2.74 bits per heavy atom. The van der Waals surface area contributed by atoms with Crippen LogP contribution in [0.5, 0.6) is 5.75 Å². The van der Waals surface area contributed by atoms with E-state index in [2.05, 4.69) is 10.1 Å². The normalized spacial score (nSPS) is 13.1. The largest absolute Gasteiger partial charge is 0.489 e. The van der Waals surface area contributed by atoms with Gasteiger partial charge in [-0.2, -0.15) is 5.10 Å². The smallest absolute Gasteiger partial charge is 0.258 e. The number of hydrogen-bond donors (Lipinski definition) is 0. The van der Waals surface area contributed by atoms with E-state index < -0.39 is 0 Å². The predicted octanol–water partition coefficient (Wildman–Crippen LogP) is 2.68. The number of carbonyl (C=O) groups is 1. The number of rotatable bonds is 3. The fourth-order valence-corrected chi connectivity index (χ4v) is 3.22. The second-order valence-electron chi connectivity index (χ2n) is 6.69. The summed E-state index contributed by atoms with van der Waals surface area (Å²) < 4.78 is 7.46. The van der Waals surface area contributed by atoms with Gasteiger partial charge < -0.3 is 14.5 Å². The van der Waals surface area contributed by atoms with E-state index in [1.54, 1.807) is 15.9 Å². The van der Waals surface area contributed by atoms with Gasteiger partial charge >= 0.3 is 0 Å². The SMILES string of the molecule is Cc1cc(-n2cncn2)ccc1C(=O)N1CCOc2cc(N(C)C)ccc21. The number of fused-ring (bicyclic) bond motifs is 1. The zero-order valence-corrected chi connectivity index (χ0v) is 15.6. The van der Waals surface area contributed by atoms with Crippen LogP contribution in [0.3, 0.4) is 0 Å². The van der Waals surface area contributed by atoms with Crippen LogP contribution in [-0.4, -0.2) is 47.9 Å². The van der Waals surface area contributed by atoms with Crippen LogP contribution in [-0.2, 0) is 0 Å². The second kappa shape index (κ2) is 6.75. The lowest BCUT2D eigenvalue weighted by atomic mass is 10.1. The summed E-state index contributed by atoms with van der Waals surface area (Å²) in [4.78, 5) is 21.0. The molecule has 2 heterocycles. The van der Waals surface area contributed by atoms with E-state index in [1.165, 1.54) is 6.33 Å². The molecule has 0 unspecified atom stereocenters. The highest BCUT2D eigenvalue weighted by atomic mass is 16.5. The zero-order valence-electron chi connectivity index (χ0n) is 15.6. The van der Waals surface area contributed by atoms with Crippen LogP contribution in [0, 0.1) is 6.92 Å². The molecule has 0 bridgehead atoms. The third-order valence-corrected chi connectivity index (χ3v) is 4.69. The third-order valence-electron chi connectivity index (χ3n) is 4.69. The van der Waals surface area contributed by atoms with Gasteiger partial charge in [-0.3, -0.25) is 4.79 Å². The van der Waals surface area contributed by atoms with Gasteiger partial charge in [0.05, 0.1) is 17.9 Å². The summed E-state index contributed by atoms with van der Waals surface area (Å²) in [6.07, 6.45) is 3.12. The molecule has 7 nitrogen and oxygen atoms in total. The molecule has 27 heavy (non-hydrogen) atoms. The quantitative estimate of drug-likeness (QED) is 0.716. The molecule has 1 amide bonds. The molecule has 0 spiro atoms. The maximum Gasteiger partial charge on any atom is 0.258 e. The summed E-state index contributed by atoms with van der Waals surface area (Å²) >= 11 is 0. The number of anilines is 2. The summed E-state index contributed by atoms with van der Waals surface area (Å²) in [7, 11) is 3.96. The van der Waals surface area contributed by atoms with Crippen molar-refractivity contribution in [1.82, 2.24) is 14.8 Å². The van der Waals surface area contributed by atoms with Crippen molar-refractivity contribution in [2.45, 2.75) is 6.92 Å². The Bertz CT molecular complexity index is 982. The van der Waals surface area contributed by atoms with Crippen molar-refractivity contribution < 1.29 is 9.53 Å². The second-order valence-corrected chi connectivity index (χ2v) is 6.69. The Hall–Kier alpha value is -3.35. The minimum Gasteiger partial charge on any atom is -0.489 e. The lowest BCUT2D eigenvalue weighted by Gasteiger charge is -2.31. The highest BCUT2D eigenvalue weighted by molar-refractivity contribution is 6.08. The monoisotopic (exact) mass is 363 g/mol. The van der Waals surface area contributed by atoms with Crippen molar-refractivity contribution in [2.75, 3.05) is 37.0 Å². The topological polar surface area (TPSA) is 63.5 Å². The molecule has 138 valence electrons. The van der Waals surface area contributed by atoms with Gasteiger partial charge in [0.1, 0.15) is 25.0 Å². The predicted molar refractivity (Wildman–Crippen MR) is 104 cm³/mol. The van der Waals surface area contributed by atoms with Crippen LogP contribution in [0.2, 0.25) is 0 Å². The van der Waals surface area contributed by atoms with Crippen LogP contribution >= 0.6 is 0 Å². The van der Waals surface area contributed by atoms with Crippen molar-refractivity contribution >= 4 is 17.3 Å². The average molecular weight is 363 g/mol. The first-order valence-electron chi connectivity index (χ1n) is 8.76. The molecule has 0 saturated heterocycles. The minimum atomic E-state index is -0.0280. The molecule has 1 aliphatic rings. The summed E-state index contributed by atoms with van der Waals surface area (Å²) in [5.41, 5.74) is 4.28.